The number of rotatable bonds is 29. The largest absolute Gasteiger partial charge is 0.356 e. The van der Waals surface area contributed by atoms with E-state index in [2.05, 4.69) is 49.9 Å². The lowest BCUT2D eigenvalue weighted by Gasteiger charge is -2.35. The van der Waals surface area contributed by atoms with E-state index < -0.39 is 0 Å². The second-order valence-electron chi connectivity index (χ2n) is 12.8. The smallest absolute Gasteiger partial charge is 0.101 e. The molecular weight excluding hydrogens is 460 g/mol. The van der Waals surface area contributed by atoms with Crippen molar-refractivity contribution in [3.05, 3.63) is 12.4 Å². The normalized spacial score (nSPS) is 15.4. The van der Waals surface area contributed by atoms with Gasteiger partial charge in [0.1, 0.15) is 6.17 Å². The summed E-state index contributed by atoms with van der Waals surface area (Å²) in [6.45, 7) is 10.6. The minimum absolute atomic E-state index is 0.607. The van der Waals surface area contributed by atoms with Gasteiger partial charge in [-0.15, -0.1) is 0 Å². The standard InChI is InChI=1S/C36H72N2/c1-5-7-9-11-13-15-16-17-18-19-20-21-22-23-25-27-29-31-36-37(33-34-38(36)35(3)4)32-30-28-26-24-14-12-10-8-6-2/h33-36H,5-32H2,1-4H3. The van der Waals surface area contributed by atoms with Crippen LogP contribution in [0.1, 0.15) is 201 Å². The van der Waals surface area contributed by atoms with Crippen LogP contribution >= 0.6 is 0 Å². The zero-order chi connectivity index (χ0) is 27.5. The molecule has 0 fully saturated rings. The lowest BCUT2D eigenvalue weighted by Crippen LogP contribution is -2.42. The van der Waals surface area contributed by atoms with Crippen molar-refractivity contribution in [3.63, 3.8) is 0 Å². The van der Waals surface area contributed by atoms with Crippen LogP contribution in [-0.2, 0) is 0 Å². The van der Waals surface area contributed by atoms with Crippen molar-refractivity contribution in [1.29, 1.82) is 0 Å². The molecule has 2 nitrogen and oxygen atoms in total. The highest BCUT2D eigenvalue weighted by molar-refractivity contribution is 4.98. The topological polar surface area (TPSA) is 6.48 Å². The fraction of sp³-hybridized carbons (Fsp3) is 0.944. The zero-order valence-corrected chi connectivity index (χ0v) is 27.0. The molecule has 0 aromatic heterocycles. The maximum Gasteiger partial charge on any atom is 0.101 e. The molecule has 1 aliphatic heterocycles. The Bertz CT molecular complexity index is 500. The average Bonchev–Trinajstić information content (AvgIpc) is 3.32. The van der Waals surface area contributed by atoms with E-state index in [1.54, 1.807) is 0 Å². The minimum Gasteiger partial charge on any atom is -0.356 e. The van der Waals surface area contributed by atoms with Crippen molar-refractivity contribution in [2.75, 3.05) is 6.54 Å². The van der Waals surface area contributed by atoms with Crippen molar-refractivity contribution in [2.45, 2.75) is 213 Å². The fourth-order valence-electron chi connectivity index (χ4n) is 6.24. The summed E-state index contributed by atoms with van der Waals surface area (Å²) in [5.74, 6) is 0. The first-order valence-corrected chi connectivity index (χ1v) is 17.9. The van der Waals surface area contributed by atoms with Crippen molar-refractivity contribution in [3.8, 4) is 0 Å². The van der Waals surface area contributed by atoms with Gasteiger partial charge in [-0.2, -0.15) is 0 Å². The molecule has 0 bridgehead atoms. The molecule has 0 saturated carbocycles. The Morgan fingerprint density at radius 2 is 0.789 bits per heavy atom. The molecule has 0 radical (unpaired) electrons. The van der Waals surface area contributed by atoms with Crippen LogP contribution in [-0.4, -0.2) is 28.6 Å². The quantitative estimate of drug-likeness (QED) is 0.0884. The summed E-state index contributed by atoms with van der Waals surface area (Å²) < 4.78 is 0. The van der Waals surface area contributed by atoms with Crippen LogP contribution in [0.4, 0.5) is 0 Å². The third-order valence-electron chi connectivity index (χ3n) is 8.84. The molecule has 1 aliphatic rings. The molecule has 38 heavy (non-hydrogen) atoms. The molecule has 226 valence electrons. The first-order valence-electron chi connectivity index (χ1n) is 17.9. The van der Waals surface area contributed by atoms with Gasteiger partial charge in [-0.1, -0.05) is 168 Å². The van der Waals surface area contributed by atoms with E-state index in [4.69, 9.17) is 0 Å². The Balaban J connectivity index is 1.98. The van der Waals surface area contributed by atoms with E-state index in [0.29, 0.717) is 12.2 Å². The molecule has 0 aromatic rings. The van der Waals surface area contributed by atoms with Gasteiger partial charge in [-0.05, 0) is 33.1 Å². The van der Waals surface area contributed by atoms with Gasteiger partial charge >= 0.3 is 0 Å². The van der Waals surface area contributed by atoms with E-state index in [0.717, 1.165) is 0 Å². The van der Waals surface area contributed by atoms with Crippen LogP contribution in [0.3, 0.4) is 0 Å². The Morgan fingerprint density at radius 1 is 0.447 bits per heavy atom. The van der Waals surface area contributed by atoms with Crippen LogP contribution in [0.15, 0.2) is 12.4 Å². The lowest BCUT2D eigenvalue weighted by atomic mass is 10.0. The molecule has 1 rings (SSSR count). The molecule has 0 amide bonds. The minimum atomic E-state index is 0.607. The third kappa shape index (κ3) is 19.4. The molecular formula is C36H72N2. The van der Waals surface area contributed by atoms with Crippen molar-refractivity contribution < 1.29 is 0 Å². The van der Waals surface area contributed by atoms with Gasteiger partial charge in [0, 0.05) is 25.0 Å². The molecule has 1 heterocycles. The fourth-order valence-corrected chi connectivity index (χ4v) is 6.24. The Morgan fingerprint density at radius 3 is 1.16 bits per heavy atom. The van der Waals surface area contributed by atoms with E-state index >= 15 is 0 Å². The predicted molar refractivity (Wildman–Crippen MR) is 173 cm³/mol. The lowest BCUT2D eigenvalue weighted by molar-refractivity contribution is 0.114. The summed E-state index contributed by atoms with van der Waals surface area (Å²) >= 11 is 0. The summed E-state index contributed by atoms with van der Waals surface area (Å²) in [4.78, 5) is 5.27. The number of nitrogens with zero attached hydrogens (tertiary/aromatic N) is 2. The third-order valence-corrected chi connectivity index (χ3v) is 8.84. The van der Waals surface area contributed by atoms with Crippen LogP contribution in [0.2, 0.25) is 0 Å². The molecule has 2 heteroatoms. The highest BCUT2D eigenvalue weighted by atomic mass is 15.4. The maximum atomic E-state index is 2.66. The highest BCUT2D eigenvalue weighted by Gasteiger charge is 2.26. The van der Waals surface area contributed by atoms with Crippen LogP contribution in [0, 0.1) is 0 Å². The molecule has 0 saturated heterocycles. The van der Waals surface area contributed by atoms with Gasteiger partial charge in [0.25, 0.3) is 0 Å². The average molecular weight is 533 g/mol. The van der Waals surface area contributed by atoms with E-state index in [-0.39, 0.29) is 0 Å². The summed E-state index contributed by atoms with van der Waals surface area (Å²) in [7, 11) is 0. The molecule has 1 unspecified atom stereocenters. The number of hydrogen-bond acceptors (Lipinski definition) is 2. The van der Waals surface area contributed by atoms with Crippen molar-refractivity contribution in [1.82, 2.24) is 9.80 Å². The van der Waals surface area contributed by atoms with Gasteiger partial charge in [0.2, 0.25) is 0 Å². The van der Waals surface area contributed by atoms with Gasteiger partial charge in [0.15, 0.2) is 0 Å². The number of hydrogen-bond donors (Lipinski definition) is 0. The second kappa shape index (κ2) is 26.6. The summed E-state index contributed by atoms with van der Waals surface area (Å²) in [5, 5.41) is 0. The zero-order valence-electron chi connectivity index (χ0n) is 27.0. The van der Waals surface area contributed by atoms with Crippen LogP contribution in [0.25, 0.3) is 0 Å². The predicted octanol–water partition coefficient (Wildman–Crippen LogP) is 12.4. The highest BCUT2D eigenvalue weighted by Crippen LogP contribution is 2.25. The van der Waals surface area contributed by atoms with Gasteiger partial charge < -0.3 is 9.80 Å². The monoisotopic (exact) mass is 533 g/mol. The molecule has 0 N–H and O–H groups in total. The Kier molecular flexibility index (Phi) is 24.7. The van der Waals surface area contributed by atoms with Crippen LogP contribution < -0.4 is 0 Å². The summed E-state index contributed by atoms with van der Waals surface area (Å²) in [6, 6.07) is 0.607. The molecule has 0 aromatic carbocycles. The van der Waals surface area contributed by atoms with E-state index in [1.165, 1.54) is 180 Å². The summed E-state index contributed by atoms with van der Waals surface area (Å²) in [6.07, 6.45) is 44.2. The Labute approximate surface area is 241 Å². The van der Waals surface area contributed by atoms with Crippen LogP contribution in [0.5, 0.6) is 0 Å². The summed E-state index contributed by atoms with van der Waals surface area (Å²) in [5.41, 5.74) is 0. The Hall–Kier alpha value is -0.660. The molecule has 0 spiro atoms. The molecule has 0 aliphatic carbocycles. The first kappa shape index (κ1) is 35.4. The van der Waals surface area contributed by atoms with E-state index in [9.17, 15) is 0 Å². The van der Waals surface area contributed by atoms with Crippen molar-refractivity contribution in [2.24, 2.45) is 0 Å². The first-order chi connectivity index (χ1) is 18.7. The number of unbranched alkanes of at least 4 members (excludes halogenated alkanes) is 24. The van der Waals surface area contributed by atoms with Gasteiger partial charge in [-0.3, -0.25) is 0 Å². The van der Waals surface area contributed by atoms with E-state index in [1.807, 2.05) is 0 Å². The van der Waals surface area contributed by atoms with Crippen molar-refractivity contribution >= 4 is 0 Å². The van der Waals surface area contributed by atoms with Gasteiger partial charge in [0.05, 0.1) is 0 Å². The second-order valence-corrected chi connectivity index (χ2v) is 12.8. The molecule has 1 atom stereocenters. The maximum absolute atomic E-state index is 2.66. The van der Waals surface area contributed by atoms with Gasteiger partial charge in [-0.25, -0.2) is 0 Å². The SMILES string of the molecule is CCCCCCCCCCCCCCCCCCCC1N(CCCCCCCCCCC)C=CN1C(C)C.